The lowest BCUT2D eigenvalue weighted by Crippen LogP contribution is -2.45. The van der Waals surface area contributed by atoms with Crippen molar-refractivity contribution in [3.05, 3.63) is 78.4 Å². The van der Waals surface area contributed by atoms with Crippen molar-refractivity contribution in [2.45, 2.75) is 24.3 Å². The summed E-state index contributed by atoms with van der Waals surface area (Å²) in [5.74, 6) is -0.352. The summed E-state index contributed by atoms with van der Waals surface area (Å²) in [5, 5.41) is 5.12. The summed E-state index contributed by atoms with van der Waals surface area (Å²) in [4.78, 5) is 12.4. The molecule has 0 saturated heterocycles. The van der Waals surface area contributed by atoms with E-state index in [9.17, 15) is 13.2 Å². The van der Waals surface area contributed by atoms with E-state index < -0.39 is 16.1 Å². The molecule has 0 radical (unpaired) electrons. The molecular weight excluding hydrogens is 360 g/mol. The average molecular weight is 382 g/mol. The van der Waals surface area contributed by atoms with Crippen molar-refractivity contribution in [1.29, 1.82) is 0 Å². The largest absolute Gasteiger partial charge is 0.354 e. The van der Waals surface area contributed by atoms with Gasteiger partial charge < -0.3 is 5.32 Å². The topological polar surface area (TPSA) is 75.3 Å². The molecule has 0 heterocycles. The van der Waals surface area contributed by atoms with Gasteiger partial charge in [-0.2, -0.15) is 4.72 Å². The number of hydrogen-bond acceptors (Lipinski definition) is 3. The van der Waals surface area contributed by atoms with Crippen molar-refractivity contribution in [2.75, 3.05) is 6.54 Å². The fourth-order valence-corrected chi connectivity index (χ4v) is 4.06. The van der Waals surface area contributed by atoms with Gasteiger partial charge >= 0.3 is 0 Å². The van der Waals surface area contributed by atoms with Gasteiger partial charge in [-0.25, -0.2) is 8.42 Å². The number of rotatable bonds is 7. The Morgan fingerprint density at radius 1 is 0.926 bits per heavy atom. The van der Waals surface area contributed by atoms with Crippen LogP contribution in [0.4, 0.5) is 0 Å². The van der Waals surface area contributed by atoms with Crippen LogP contribution in [0, 0.1) is 0 Å². The standard InChI is InChI=1S/C21H22N2O3S/c1-16(23-27(25,26)20-9-3-2-4-10-20)21(24)22-14-13-17-11-12-18-7-5-6-8-19(18)15-17/h2-12,15-16,23H,13-14H2,1H3,(H,22,24)/t16-/m0/s1. The average Bonchev–Trinajstić information content (AvgIpc) is 2.68. The van der Waals surface area contributed by atoms with Crippen LogP contribution in [-0.2, 0) is 21.2 Å². The molecule has 0 aromatic heterocycles. The fraction of sp³-hybridized carbons (Fsp3) is 0.190. The van der Waals surface area contributed by atoms with E-state index in [1.54, 1.807) is 18.2 Å². The zero-order chi connectivity index (χ0) is 19.3. The van der Waals surface area contributed by atoms with Crippen LogP contribution in [0.3, 0.4) is 0 Å². The SMILES string of the molecule is C[C@H](NS(=O)(=O)c1ccccc1)C(=O)NCCc1ccc2ccccc2c1. The minimum Gasteiger partial charge on any atom is -0.354 e. The number of fused-ring (bicyclic) bond motifs is 1. The van der Waals surface area contributed by atoms with Crippen LogP contribution in [0.5, 0.6) is 0 Å². The molecule has 0 aliphatic carbocycles. The Morgan fingerprint density at radius 3 is 2.33 bits per heavy atom. The van der Waals surface area contributed by atoms with Crippen LogP contribution in [0.15, 0.2) is 77.7 Å². The molecule has 0 aliphatic rings. The summed E-state index contributed by atoms with van der Waals surface area (Å²) in [6.07, 6.45) is 0.675. The van der Waals surface area contributed by atoms with Crippen LogP contribution >= 0.6 is 0 Å². The predicted molar refractivity (Wildman–Crippen MR) is 107 cm³/mol. The van der Waals surface area contributed by atoms with E-state index >= 15 is 0 Å². The third-order valence-corrected chi connectivity index (χ3v) is 5.86. The smallest absolute Gasteiger partial charge is 0.241 e. The second kappa shape index (κ2) is 8.33. The summed E-state index contributed by atoms with van der Waals surface area (Å²) in [6, 6.07) is 21.5. The Hall–Kier alpha value is -2.70. The highest BCUT2D eigenvalue weighted by atomic mass is 32.2. The van der Waals surface area contributed by atoms with E-state index in [2.05, 4.69) is 34.3 Å². The normalized spacial score (nSPS) is 12.6. The third-order valence-electron chi connectivity index (χ3n) is 4.31. The Bertz CT molecular complexity index is 1030. The van der Waals surface area contributed by atoms with Crippen LogP contribution in [0.25, 0.3) is 10.8 Å². The maximum Gasteiger partial charge on any atom is 0.241 e. The molecule has 2 N–H and O–H groups in total. The van der Waals surface area contributed by atoms with Gasteiger partial charge in [0.2, 0.25) is 15.9 Å². The van der Waals surface area contributed by atoms with Gasteiger partial charge in [0.1, 0.15) is 0 Å². The number of amides is 1. The summed E-state index contributed by atoms with van der Waals surface area (Å²) in [7, 11) is -3.72. The van der Waals surface area contributed by atoms with Crippen LogP contribution < -0.4 is 10.0 Å². The van der Waals surface area contributed by atoms with Gasteiger partial charge in [-0.3, -0.25) is 4.79 Å². The Labute approximate surface area is 159 Å². The van der Waals surface area contributed by atoms with E-state index in [4.69, 9.17) is 0 Å². The molecule has 0 bridgehead atoms. The Balaban J connectivity index is 1.53. The quantitative estimate of drug-likeness (QED) is 0.660. The first-order chi connectivity index (χ1) is 13.0. The highest BCUT2D eigenvalue weighted by Gasteiger charge is 2.21. The molecule has 0 spiro atoms. The van der Waals surface area contributed by atoms with Gasteiger partial charge in [-0.1, -0.05) is 60.7 Å². The number of sulfonamides is 1. The van der Waals surface area contributed by atoms with Gasteiger partial charge in [-0.05, 0) is 41.8 Å². The molecule has 1 atom stereocenters. The number of hydrogen-bond donors (Lipinski definition) is 2. The zero-order valence-electron chi connectivity index (χ0n) is 15.1. The second-order valence-corrected chi connectivity index (χ2v) is 8.09. The summed E-state index contributed by atoms with van der Waals surface area (Å²) in [5.41, 5.74) is 1.12. The number of carbonyl (C=O) groups is 1. The van der Waals surface area contributed by atoms with Crippen molar-refractivity contribution in [3.63, 3.8) is 0 Å². The molecule has 0 fully saturated rings. The lowest BCUT2D eigenvalue weighted by molar-refractivity contribution is -0.122. The molecule has 27 heavy (non-hydrogen) atoms. The van der Waals surface area contributed by atoms with E-state index in [0.29, 0.717) is 13.0 Å². The molecular formula is C21H22N2O3S. The van der Waals surface area contributed by atoms with E-state index in [0.717, 1.165) is 10.9 Å². The van der Waals surface area contributed by atoms with Crippen molar-refractivity contribution in [2.24, 2.45) is 0 Å². The van der Waals surface area contributed by atoms with Gasteiger partial charge in [0.15, 0.2) is 0 Å². The van der Waals surface area contributed by atoms with Gasteiger partial charge in [0.25, 0.3) is 0 Å². The second-order valence-electron chi connectivity index (χ2n) is 6.38. The lowest BCUT2D eigenvalue weighted by Gasteiger charge is -2.14. The van der Waals surface area contributed by atoms with Crippen molar-refractivity contribution in [3.8, 4) is 0 Å². The molecule has 0 saturated carbocycles. The molecule has 3 aromatic carbocycles. The van der Waals surface area contributed by atoms with Crippen molar-refractivity contribution >= 4 is 26.7 Å². The molecule has 1 amide bonds. The summed E-state index contributed by atoms with van der Waals surface area (Å²) >= 11 is 0. The van der Waals surface area contributed by atoms with Gasteiger partial charge in [0.05, 0.1) is 10.9 Å². The van der Waals surface area contributed by atoms with Crippen molar-refractivity contribution < 1.29 is 13.2 Å². The fourth-order valence-electron chi connectivity index (χ4n) is 2.83. The van der Waals surface area contributed by atoms with E-state index in [-0.39, 0.29) is 10.8 Å². The molecule has 3 aromatic rings. The number of carbonyl (C=O) groups excluding carboxylic acids is 1. The highest BCUT2D eigenvalue weighted by Crippen LogP contribution is 2.15. The van der Waals surface area contributed by atoms with E-state index in [1.807, 2.05) is 18.2 Å². The highest BCUT2D eigenvalue weighted by molar-refractivity contribution is 7.89. The first-order valence-corrected chi connectivity index (χ1v) is 10.3. The minimum absolute atomic E-state index is 0.140. The van der Waals surface area contributed by atoms with Crippen LogP contribution in [0.1, 0.15) is 12.5 Å². The zero-order valence-corrected chi connectivity index (χ0v) is 15.9. The summed E-state index contributed by atoms with van der Waals surface area (Å²) < 4.78 is 27.0. The first kappa shape index (κ1) is 19.1. The molecule has 140 valence electrons. The Morgan fingerprint density at radius 2 is 1.59 bits per heavy atom. The number of nitrogens with one attached hydrogen (secondary N) is 2. The van der Waals surface area contributed by atoms with Gasteiger partial charge in [-0.15, -0.1) is 0 Å². The maximum absolute atomic E-state index is 12.3. The maximum atomic E-state index is 12.3. The van der Waals surface area contributed by atoms with Crippen LogP contribution in [-0.4, -0.2) is 26.9 Å². The molecule has 3 rings (SSSR count). The van der Waals surface area contributed by atoms with E-state index in [1.165, 1.54) is 24.4 Å². The Kier molecular flexibility index (Phi) is 5.88. The van der Waals surface area contributed by atoms with Gasteiger partial charge in [0, 0.05) is 6.54 Å². The molecule has 0 aliphatic heterocycles. The summed E-state index contributed by atoms with van der Waals surface area (Å²) in [6.45, 7) is 1.97. The predicted octanol–water partition coefficient (Wildman–Crippen LogP) is 2.87. The van der Waals surface area contributed by atoms with Crippen LogP contribution in [0.2, 0.25) is 0 Å². The number of benzene rings is 3. The lowest BCUT2D eigenvalue weighted by atomic mass is 10.1. The first-order valence-electron chi connectivity index (χ1n) is 8.78. The molecule has 5 nitrogen and oxygen atoms in total. The molecule has 0 unspecified atom stereocenters. The minimum atomic E-state index is -3.72. The monoisotopic (exact) mass is 382 g/mol. The molecule has 6 heteroatoms. The van der Waals surface area contributed by atoms with Crippen molar-refractivity contribution in [1.82, 2.24) is 10.0 Å². The third kappa shape index (κ3) is 4.93.